The maximum Gasteiger partial charge on any atom is 0.0546 e. The first-order chi connectivity index (χ1) is 34.7. The lowest BCUT2D eigenvalue weighted by Gasteiger charge is -2.31. The first-order valence-electron chi connectivity index (χ1n) is 27.1. The van der Waals surface area contributed by atoms with Crippen molar-refractivity contribution in [3.63, 3.8) is 0 Å². The molecule has 9 aromatic carbocycles. The summed E-state index contributed by atoms with van der Waals surface area (Å²) >= 11 is 0. The molecule has 0 saturated carbocycles. The van der Waals surface area contributed by atoms with Crippen LogP contribution in [0.1, 0.15) is 155 Å². The second-order valence-corrected chi connectivity index (χ2v) is 26.8. The zero-order valence-corrected chi connectivity index (χ0v) is 47.1. The minimum absolute atomic E-state index is 0.0466. The molecule has 74 heavy (non-hydrogen) atoms. The molecular formula is C72H76N2. The van der Waals surface area contributed by atoms with Crippen LogP contribution in [0.2, 0.25) is 0 Å². The van der Waals surface area contributed by atoms with E-state index in [2.05, 4.69) is 290 Å². The average molecular weight is 969 g/mol. The van der Waals surface area contributed by atoms with E-state index in [-0.39, 0.29) is 32.5 Å². The molecule has 0 bridgehead atoms. The summed E-state index contributed by atoms with van der Waals surface area (Å²) in [5.41, 5.74) is 22.9. The first-order valence-corrected chi connectivity index (χ1v) is 27.1. The Morgan fingerprint density at radius 3 is 0.770 bits per heavy atom. The molecule has 2 aliphatic rings. The molecule has 0 N–H and O–H groups in total. The van der Waals surface area contributed by atoms with Gasteiger partial charge in [-0.15, -0.1) is 0 Å². The topological polar surface area (TPSA) is 6.48 Å². The summed E-state index contributed by atoms with van der Waals surface area (Å²) in [5.74, 6) is 0. The number of fused-ring (bicyclic) bond motifs is 10. The lowest BCUT2D eigenvalue weighted by Crippen LogP contribution is -2.18. The van der Waals surface area contributed by atoms with Crippen LogP contribution in [0.5, 0.6) is 0 Å². The summed E-state index contributed by atoms with van der Waals surface area (Å²) in [5, 5.41) is 5.13. The number of benzene rings is 9. The van der Waals surface area contributed by atoms with E-state index >= 15 is 0 Å². The Hall–Kier alpha value is -6.90. The van der Waals surface area contributed by atoms with E-state index < -0.39 is 0 Å². The molecule has 0 saturated heterocycles. The lowest BCUT2D eigenvalue weighted by atomic mass is 9.78. The minimum Gasteiger partial charge on any atom is -0.310 e. The van der Waals surface area contributed by atoms with Gasteiger partial charge < -0.3 is 9.80 Å². The summed E-state index contributed by atoms with van der Waals surface area (Å²) < 4.78 is 0. The summed E-state index contributed by atoms with van der Waals surface area (Å²) in [6.07, 6.45) is 0. The minimum atomic E-state index is -0.270. The van der Waals surface area contributed by atoms with Gasteiger partial charge in [-0.05, 0) is 172 Å². The van der Waals surface area contributed by atoms with Crippen molar-refractivity contribution in [1.82, 2.24) is 0 Å². The third-order valence-corrected chi connectivity index (χ3v) is 16.8. The highest BCUT2D eigenvalue weighted by atomic mass is 15.1. The Labute approximate surface area is 443 Å². The van der Waals surface area contributed by atoms with Gasteiger partial charge in [0, 0.05) is 44.4 Å². The quantitative estimate of drug-likeness (QED) is 0.164. The molecule has 0 heterocycles. The van der Waals surface area contributed by atoms with E-state index in [9.17, 15) is 0 Å². The van der Waals surface area contributed by atoms with Crippen molar-refractivity contribution in [2.75, 3.05) is 9.80 Å². The van der Waals surface area contributed by atoms with Gasteiger partial charge in [0.2, 0.25) is 0 Å². The largest absolute Gasteiger partial charge is 0.310 e. The van der Waals surface area contributed by atoms with Gasteiger partial charge in [0.1, 0.15) is 0 Å². The van der Waals surface area contributed by atoms with Gasteiger partial charge in [0.05, 0.1) is 11.4 Å². The van der Waals surface area contributed by atoms with Gasteiger partial charge in [0.25, 0.3) is 0 Å². The fraction of sp³-hybridized carbons (Fsp3) is 0.306. The Balaban J connectivity index is 1.13. The molecule has 2 nitrogen and oxygen atoms in total. The Morgan fingerprint density at radius 1 is 0.284 bits per heavy atom. The van der Waals surface area contributed by atoms with Crippen molar-refractivity contribution in [1.29, 1.82) is 0 Å². The molecule has 0 aliphatic heterocycles. The molecule has 0 aromatic heterocycles. The summed E-state index contributed by atoms with van der Waals surface area (Å²) in [6, 6.07) is 65.8. The molecule has 0 amide bonds. The van der Waals surface area contributed by atoms with Crippen molar-refractivity contribution in [2.45, 2.75) is 143 Å². The van der Waals surface area contributed by atoms with E-state index in [1.54, 1.807) is 0 Å². The van der Waals surface area contributed by atoms with Crippen LogP contribution >= 0.6 is 0 Å². The van der Waals surface area contributed by atoms with Crippen LogP contribution in [0.25, 0.3) is 43.8 Å². The van der Waals surface area contributed by atoms with E-state index in [1.165, 1.54) is 99.7 Å². The number of hydrogen-bond donors (Lipinski definition) is 0. The highest BCUT2D eigenvalue weighted by Crippen LogP contribution is 2.61. The normalized spacial score (nSPS) is 14.7. The predicted octanol–water partition coefficient (Wildman–Crippen LogP) is 20.7. The zero-order valence-electron chi connectivity index (χ0n) is 47.1. The van der Waals surface area contributed by atoms with Gasteiger partial charge in [-0.1, -0.05) is 208 Å². The van der Waals surface area contributed by atoms with E-state index in [0.717, 1.165) is 22.7 Å². The fourth-order valence-electron chi connectivity index (χ4n) is 12.5. The van der Waals surface area contributed by atoms with Crippen LogP contribution in [0.3, 0.4) is 0 Å². The van der Waals surface area contributed by atoms with Crippen molar-refractivity contribution in [3.05, 3.63) is 214 Å². The summed E-state index contributed by atoms with van der Waals surface area (Å²) in [4.78, 5) is 5.01. The van der Waals surface area contributed by atoms with Gasteiger partial charge >= 0.3 is 0 Å². The van der Waals surface area contributed by atoms with Crippen LogP contribution in [0.15, 0.2) is 170 Å². The second-order valence-electron chi connectivity index (χ2n) is 26.8. The number of anilines is 6. The first kappa shape index (κ1) is 49.3. The van der Waals surface area contributed by atoms with Gasteiger partial charge in [-0.25, -0.2) is 0 Å². The van der Waals surface area contributed by atoms with E-state index in [4.69, 9.17) is 0 Å². The molecule has 0 unspecified atom stereocenters. The van der Waals surface area contributed by atoms with Crippen molar-refractivity contribution in [3.8, 4) is 22.3 Å². The Morgan fingerprint density at radius 2 is 0.527 bits per heavy atom. The lowest BCUT2D eigenvalue weighted by molar-refractivity contribution is 0.590. The molecule has 0 spiro atoms. The van der Waals surface area contributed by atoms with Crippen LogP contribution in [-0.2, 0) is 32.5 Å². The van der Waals surface area contributed by atoms with E-state index in [1.807, 2.05) is 0 Å². The molecule has 0 fully saturated rings. The summed E-state index contributed by atoms with van der Waals surface area (Å²) in [6.45, 7) is 37.4. The number of hydrogen-bond acceptors (Lipinski definition) is 2. The molecule has 9 aromatic rings. The highest BCUT2D eigenvalue weighted by molar-refractivity contribution is 6.10. The van der Waals surface area contributed by atoms with Gasteiger partial charge in [-0.2, -0.15) is 0 Å². The SMILES string of the molecule is CC(C)(C)c1ccc(N(c2ccc(C(C)(C)C)cc2)c2cc3c(c4ccccc24)C(C)(C)c2cc4c(cc2-3)C(C)(C)c2c-4cc(N(c3ccc(C(C)(C)C)cc3)c3ccc(C(C)(C)C)cc3)c3ccccc23)cc1. The fourth-order valence-corrected chi connectivity index (χ4v) is 12.5. The molecule has 2 aliphatic carbocycles. The average Bonchev–Trinajstić information content (AvgIpc) is 3.76. The van der Waals surface area contributed by atoms with Crippen molar-refractivity contribution < 1.29 is 0 Å². The molecular weight excluding hydrogens is 893 g/mol. The van der Waals surface area contributed by atoms with Crippen LogP contribution in [0, 0.1) is 0 Å². The van der Waals surface area contributed by atoms with Crippen molar-refractivity contribution in [2.24, 2.45) is 0 Å². The second kappa shape index (κ2) is 16.8. The third kappa shape index (κ3) is 7.98. The van der Waals surface area contributed by atoms with Gasteiger partial charge in [-0.3, -0.25) is 0 Å². The molecule has 11 rings (SSSR count). The highest BCUT2D eigenvalue weighted by Gasteiger charge is 2.44. The van der Waals surface area contributed by atoms with Crippen LogP contribution in [-0.4, -0.2) is 0 Å². The molecule has 0 radical (unpaired) electrons. The smallest absolute Gasteiger partial charge is 0.0546 e. The van der Waals surface area contributed by atoms with E-state index in [0.29, 0.717) is 0 Å². The summed E-state index contributed by atoms with van der Waals surface area (Å²) in [7, 11) is 0. The zero-order chi connectivity index (χ0) is 52.7. The number of nitrogens with zero attached hydrogens (tertiary/aromatic N) is 2. The molecule has 0 atom stereocenters. The maximum atomic E-state index is 2.60. The third-order valence-electron chi connectivity index (χ3n) is 16.8. The monoisotopic (exact) mass is 969 g/mol. The maximum absolute atomic E-state index is 2.60. The van der Waals surface area contributed by atoms with Crippen LogP contribution < -0.4 is 9.80 Å². The Bertz CT molecular complexity index is 3290. The predicted molar refractivity (Wildman–Crippen MR) is 321 cm³/mol. The Kier molecular flexibility index (Phi) is 11.2. The standard InChI is InChI=1S/C72H76N2/c1-67(2,3)45-25-33-49(34-26-45)73(50-35-27-46(28-36-50)68(4,5)6)63-43-59-57-41-62-58(42-61(57)71(13,14)65(59)55-23-19-17-21-53(55)63)60-44-64(54-22-18-20-24-56(54)66(60)72(62,15)16)74(51-37-29-47(30-38-51)69(7,8)9)52-39-31-48(32-40-52)70(10,11)12/h17-44H,1-16H3. The molecule has 374 valence electrons. The van der Waals surface area contributed by atoms with Gasteiger partial charge in [0.15, 0.2) is 0 Å². The molecule has 2 heteroatoms. The van der Waals surface area contributed by atoms with Crippen LogP contribution in [0.4, 0.5) is 34.1 Å². The van der Waals surface area contributed by atoms with Crippen molar-refractivity contribution >= 4 is 55.7 Å². The number of rotatable bonds is 6.